The van der Waals surface area contributed by atoms with Crippen molar-refractivity contribution < 1.29 is 131 Å². The average Bonchev–Trinajstić information content (AvgIpc) is 1.57. The number of hydrogen-bond acceptors (Lipinski definition) is 29. The summed E-state index contributed by atoms with van der Waals surface area (Å²) >= 11 is 0. The second-order valence-corrected chi connectivity index (χ2v) is 51.6. The average molecular weight is 2030 g/mol. The zero-order valence-electron chi connectivity index (χ0n) is 85.6. The molecule has 21 atom stereocenters. The van der Waals surface area contributed by atoms with E-state index in [9.17, 15) is 93.0 Å². The number of sulfonamides is 3. The van der Waals surface area contributed by atoms with Crippen LogP contribution in [0.15, 0.2) is 80.1 Å². The van der Waals surface area contributed by atoms with Crippen LogP contribution in [0.4, 0.5) is 4.79 Å². The molecule has 2 aromatic rings. The third kappa shape index (κ3) is 28.4. The molecule has 0 spiro atoms. The molecule has 9 fully saturated rings. The number of aliphatic hydroxyl groups excluding tert-OH is 2. The van der Waals surface area contributed by atoms with E-state index in [2.05, 4.69) is 37.0 Å². The predicted octanol–water partition coefficient (Wildman–Crippen LogP) is 10.4. The summed E-state index contributed by atoms with van der Waals surface area (Å²) < 4.78 is 127. The van der Waals surface area contributed by atoms with Gasteiger partial charge in [0.25, 0.3) is 0 Å². The van der Waals surface area contributed by atoms with Gasteiger partial charge < -0.3 is 68.5 Å². The number of nitrogens with zero attached hydrogens (tertiary/aromatic N) is 4. The molecule has 6 heterocycles. The van der Waals surface area contributed by atoms with Crippen molar-refractivity contribution in [2.24, 2.45) is 75.2 Å². The molecule has 7 N–H and O–H groups in total. The number of Topliss-reactive ketones (excluding diaryl/α,β-unsaturated/α-hetero) is 3. The lowest BCUT2D eigenvalue weighted by Crippen LogP contribution is -2.48. The molecule has 13 rings (SSSR count). The van der Waals surface area contributed by atoms with Crippen LogP contribution in [-0.4, -0.2) is 258 Å². The molecule has 5 aliphatic heterocycles. The van der Waals surface area contributed by atoms with Crippen molar-refractivity contribution in [3.05, 3.63) is 80.1 Å². The van der Waals surface area contributed by atoms with Gasteiger partial charge in [0.2, 0.25) is 71.4 Å². The van der Waals surface area contributed by atoms with E-state index in [4.69, 9.17) is 38.9 Å². The van der Waals surface area contributed by atoms with Crippen LogP contribution in [-0.2, 0) is 111 Å². The number of benzene rings is 1. The minimum atomic E-state index is -3.97. The number of esters is 2. The summed E-state index contributed by atoms with van der Waals surface area (Å²) in [6.45, 7) is 42.1. The number of ether oxygens (including phenoxy) is 8. The number of methoxy groups -OCH3 is 1. The number of carbonyl (C=O) groups is 12. The lowest BCUT2D eigenvalue weighted by Gasteiger charge is -2.32. The van der Waals surface area contributed by atoms with Crippen molar-refractivity contribution in [3.63, 3.8) is 0 Å². The van der Waals surface area contributed by atoms with Crippen LogP contribution in [0.3, 0.4) is 0 Å². The monoisotopic (exact) mass is 2030 g/mol. The Morgan fingerprint density at radius 2 is 1.09 bits per heavy atom. The van der Waals surface area contributed by atoms with E-state index < -0.39 is 191 Å². The van der Waals surface area contributed by atoms with Gasteiger partial charge in [-0.3, -0.25) is 66.9 Å². The maximum Gasteiger partial charge on any atom is 0.405 e. The Labute approximate surface area is 830 Å². The second-order valence-electron chi connectivity index (χ2n) is 45.0. The van der Waals surface area contributed by atoms with E-state index in [1.54, 1.807) is 115 Å². The zero-order valence-corrected chi connectivity index (χ0v) is 88.1. The number of β-amino-alcohol motifs (C(OH)–C–C–N with tert-alkyl or cyclic N) is 1. The van der Waals surface area contributed by atoms with E-state index in [-0.39, 0.29) is 156 Å². The smallest absolute Gasteiger partial charge is 0.405 e. The minimum absolute atomic E-state index is 0.0135. The Balaban J connectivity index is 0.000000213. The Hall–Kier alpha value is -9.12. The second kappa shape index (κ2) is 44.4. The maximum absolute atomic E-state index is 14.8. The molecule has 0 radical (unpaired) electrons. The van der Waals surface area contributed by atoms with Gasteiger partial charge in [0.15, 0.2) is 17.3 Å². The molecule has 141 heavy (non-hydrogen) atoms. The molecular weight excluding hydrogens is 1880 g/mol. The maximum atomic E-state index is 14.8. The third-order valence-corrected chi connectivity index (χ3v) is 36.1. The van der Waals surface area contributed by atoms with Crippen LogP contribution in [0.1, 0.15) is 260 Å². The lowest BCUT2D eigenvalue weighted by molar-refractivity contribution is -0.160. The first-order valence-electron chi connectivity index (χ1n) is 49.3. The fraction of sp³-hybridized carbons (Fsp3) is 0.716. The number of ketones is 3. The van der Waals surface area contributed by atoms with Crippen molar-refractivity contribution in [1.29, 1.82) is 0 Å². The van der Waals surface area contributed by atoms with Gasteiger partial charge in [0, 0.05) is 68.3 Å². The summed E-state index contributed by atoms with van der Waals surface area (Å²) in [4.78, 5) is 170. The number of fused-ring (bicyclic) bond motifs is 5. The molecule has 6 aliphatic carbocycles. The van der Waals surface area contributed by atoms with Crippen molar-refractivity contribution in [1.82, 2.24) is 33.8 Å². The summed E-state index contributed by atoms with van der Waals surface area (Å²) in [5.74, 6) is -8.39. The van der Waals surface area contributed by atoms with Crippen LogP contribution in [0.25, 0.3) is 10.8 Å². The molecule has 6 saturated carbocycles. The van der Waals surface area contributed by atoms with E-state index in [0.717, 1.165) is 5.39 Å². The SMILES string of the molecule is C=CCO[C@@H](C)C[C@@H](C)C(CC(=O)OC(C)(C)C)C(=O)N1C[C@H](O)C[C@H]1C(=O)C[C@]1(C(=O)NS(=O)(=O)C2(C)CC2)C[C@H]1C=C.CC(C)(C)OC(N)=O.COc1cnc(O[C@@H]2C[C@H]3C(=O)C[C@]4(C(=O)NS(=O)(=O)C5(C)CC5)C[C@H]4/C=C\CO[C@@H](C)C[C@@H](C)[C@H](CC(=O)OC(C)(C)C)C(=O)N3C2)c2ccccc12.C[C@@H]1C[C@H](C)OC/C=C\[C@@H]2C[C@@]2(C(=O)NS(=O)(=O)C2(C)CC2)CC(=O)[C@@H]2C[C@@H](O)CN2C(=O)[C@H]1C. The Morgan fingerprint density at radius 3 is 1.56 bits per heavy atom. The zero-order chi connectivity index (χ0) is 105. The number of primary amides is 1. The van der Waals surface area contributed by atoms with E-state index in [1.807, 2.05) is 91.0 Å². The molecule has 36 nitrogen and oxygen atoms in total. The number of carbonyl (C=O) groups excluding carboxylic acids is 12. The fourth-order valence-corrected chi connectivity index (χ4v) is 23.7. The standard InChI is InChI=1S/C40H53N3O10S.C32H50N2O9S.C25H38N2O7S.C5H11NO2/c1-24-17-25(2)51-16-10-11-26-20-40(26,37(47)42-54(48,49)39(6)14-15-39)21-32(44)31-18-27(23-43(31)36(46)30(24)19-34(45)53-38(3,4)5)52-35-29-13-9-8-12-28(29)33(50-7)22-41-35;1-9-13-42-21(4)14-20(3)24(16-27(37)43-30(5,6)7)28(38)34-19-23(35)15-25(34)26(36)18-32(17-22(32)10-2)29(39)33-44(40,41)31(8)11-12-31;1-15-10-16(2)34-9-5-6-18-12-25(18,23(31)26-35(32,33)24(4)7-8-24)13-21(29)20-11-19(28)14-27(20)22(30)17(15)3;1-5(2,3)8-4(6)7/h8-13,22,24-27,30-31H,14-21,23H2,1-7H3,(H,42,47);9-10,20-25,35H,1-2,11-19H2,3-8H3,(H,33,39);5-6,15-20,28H,7-14H2,1-4H3,(H,26,31);1-3H3,(H2,6,7)/b11-10-;;6-5-;/t24-,25+,26-,27-,30+,31+,40-;20-,21+,22-,23-,24?,25+,32-;15-,16+,17+,18-,19-,20+,25-;/m111./s1. The first-order chi connectivity index (χ1) is 65.4. The molecule has 7 amide bonds. The van der Waals surface area contributed by atoms with Crippen molar-refractivity contribution in [2.45, 2.75) is 346 Å². The van der Waals surface area contributed by atoms with Gasteiger partial charge in [0.05, 0.1) is 143 Å². The van der Waals surface area contributed by atoms with E-state index in [0.29, 0.717) is 94.4 Å². The van der Waals surface area contributed by atoms with Crippen LogP contribution in [0.2, 0.25) is 0 Å². The fourth-order valence-electron chi connectivity index (χ4n) is 19.7. The van der Waals surface area contributed by atoms with Gasteiger partial charge in [-0.2, -0.15) is 0 Å². The minimum Gasteiger partial charge on any atom is -0.494 e. The Bertz CT molecular complexity index is 5440. The van der Waals surface area contributed by atoms with E-state index >= 15 is 0 Å². The number of likely N-dealkylation sites (tertiary alicyclic amines) is 1. The molecule has 786 valence electrons. The summed E-state index contributed by atoms with van der Waals surface area (Å²) in [5.41, 5.74) is -1.06. The number of allylic oxidation sites excluding steroid dienone is 3. The summed E-state index contributed by atoms with van der Waals surface area (Å²) in [6.07, 6.45) is 12.4. The van der Waals surface area contributed by atoms with Gasteiger partial charge in [-0.1, -0.05) is 82.4 Å². The number of nitrogens with two attached hydrogens (primary N) is 1. The molecule has 1 unspecified atom stereocenters. The summed E-state index contributed by atoms with van der Waals surface area (Å²) in [7, 11) is -10.2. The van der Waals surface area contributed by atoms with Crippen molar-refractivity contribution >= 4 is 112 Å². The highest BCUT2D eigenvalue weighted by Crippen LogP contribution is 2.61. The summed E-state index contributed by atoms with van der Waals surface area (Å²) in [6, 6.07) is 4.60. The molecule has 11 aliphatic rings. The highest BCUT2D eigenvalue weighted by molar-refractivity contribution is 7.92. The molecule has 1 aromatic carbocycles. The van der Waals surface area contributed by atoms with Gasteiger partial charge >= 0.3 is 18.0 Å². The predicted molar refractivity (Wildman–Crippen MR) is 523 cm³/mol. The highest BCUT2D eigenvalue weighted by atomic mass is 32.2. The van der Waals surface area contributed by atoms with Gasteiger partial charge in [-0.15, -0.1) is 13.2 Å². The van der Waals surface area contributed by atoms with Crippen LogP contribution in [0, 0.1) is 69.5 Å². The molecule has 0 bridgehead atoms. The number of aliphatic hydroxyl groups is 2. The van der Waals surface area contributed by atoms with Crippen molar-refractivity contribution in [2.75, 3.05) is 46.6 Å². The lowest BCUT2D eigenvalue weighted by atomic mass is 9.85. The number of aromatic nitrogens is 1. The van der Waals surface area contributed by atoms with Gasteiger partial charge in [0.1, 0.15) is 28.7 Å². The highest BCUT2D eigenvalue weighted by Gasteiger charge is 2.67. The molecule has 39 heteroatoms. The molecule has 3 saturated heterocycles. The topological polar surface area (TPSA) is 506 Å². The number of pyridine rings is 1. The van der Waals surface area contributed by atoms with E-state index in [1.165, 1.54) is 14.7 Å². The quantitative estimate of drug-likeness (QED) is 0.0275. The number of amides is 7. The number of rotatable bonds is 27. The Kier molecular flexibility index (Phi) is 35.9. The Morgan fingerprint density at radius 1 is 0.617 bits per heavy atom. The van der Waals surface area contributed by atoms with Crippen LogP contribution >= 0.6 is 0 Å². The number of hydrogen-bond donors (Lipinski definition) is 6. The van der Waals surface area contributed by atoms with Crippen LogP contribution < -0.4 is 29.4 Å². The van der Waals surface area contributed by atoms with Crippen molar-refractivity contribution in [3.8, 4) is 11.6 Å². The van der Waals surface area contributed by atoms with Gasteiger partial charge in [-0.05, 0) is 222 Å². The third-order valence-electron chi connectivity index (χ3n) is 29.6. The first kappa shape index (κ1) is 114. The largest absolute Gasteiger partial charge is 0.494 e. The summed E-state index contributed by atoms with van der Waals surface area (Å²) in [5, 5.41) is 22.4. The number of nitrogens with one attached hydrogen (secondary N) is 3. The normalized spacial score (nSPS) is 31.1. The van der Waals surface area contributed by atoms with Crippen LogP contribution in [0.5, 0.6) is 11.6 Å². The van der Waals surface area contributed by atoms with Gasteiger partial charge in [-0.25, -0.2) is 35.0 Å². The molecule has 1 aromatic heterocycles. The first-order valence-corrected chi connectivity index (χ1v) is 53.8. The molecular formula is C102H152N8O28S3.